The molecule has 0 aliphatic heterocycles. The molecule has 0 aromatic heterocycles. The molecule has 0 bridgehead atoms. The zero-order valence-corrected chi connectivity index (χ0v) is 23.9. The number of methoxy groups -OCH3 is 1. The first-order valence-corrected chi connectivity index (χ1v) is 14.4. The van der Waals surface area contributed by atoms with Crippen LogP contribution in [0.15, 0.2) is 83.8 Å². The monoisotopic (exact) mass is 551 g/mol. The lowest BCUT2D eigenvalue weighted by molar-refractivity contribution is -0.139. The van der Waals surface area contributed by atoms with Gasteiger partial charge in [0, 0.05) is 12.6 Å². The van der Waals surface area contributed by atoms with Crippen molar-refractivity contribution in [2.45, 2.75) is 57.6 Å². The summed E-state index contributed by atoms with van der Waals surface area (Å²) in [5.41, 5.74) is 2.05. The van der Waals surface area contributed by atoms with Crippen molar-refractivity contribution in [3.8, 4) is 5.75 Å². The van der Waals surface area contributed by atoms with Gasteiger partial charge >= 0.3 is 0 Å². The summed E-state index contributed by atoms with van der Waals surface area (Å²) < 4.78 is 34.0. The first kappa shape index (κ1) is 29.7. The fraction of sp³-hybridized carbons (Fsp3) is 0.333. The molecule has 3 aromatic carbocycles. The molecule has 0 spiro atoms. The minimum Gasteiger partial charge on any atom is -0.497 e. The van der Waals surface area contributed by atoms with Gasteiger partial charge < -0.3 is 15.0 Å². The number of hydrogen-bond donors (Lipinski definition) is 1. The summed E-state index contributed by atoms with van der Waals surface area (Å²) in [6.07, 6.45) is 0.741. The van der Waals surface area contributed by atoms with Crippen LogP contribution in [0.3, 0.4) is 0 Å². The molecule has 8 nitrogen and oxygen atoms in total. The SMILES string of the molecule is CCC(C)NC(=O)C(C)N(Cc1ccccc1)C(=O)CN(c1ccc(OC)cc1)S(=O)(=O)c1ccc(C)cc1. The molecular weight excluding hydrogens is 514 g/mol. The molecule has 3 rings (SSSR count). The number of hydrogen-bond acceptors (Lipinski definition) is 5. The van der Waals surface area contributed by atoms with E-state index in [0.717, 1.165) is 21.9 Å². The van der Waals surface area contributed by atoms with Crippen LogP contribution in [0.1, 0.15) is 38.3 Å². The summed E-state index contributed by atoms with van der Waals surface area (Å²) in [7, 11) is -2.60. The predicted octanol–water partition coefficient (Wildman–Crippen LogP) is 4.53. The number of anilines is 1. The summed E-state index contributed by atoms with van der Waals surface area (Å²) in [6.45, 7) is 7.05. The van der Waals surface area contributed by atoms with Crippen LogP contribution >= 0.6 is 0 Å². The third kappa shape index (κ3) is 7.60. The molecule has 2 amide bonds. The molecule has 208 valence electrons. The fourth-order valence-corrected chi connectivity index (χ4v) is 5.36. The van der Waals surface area contributed by atoms with Crippen LogP contribution in [0.5, 0.6) is 5.75 Å². The smallest absolute Gasteiger partial charge is 0.264 e. The van der Waals surface area contributed by atoms with E-state index in [0.29, 0.717) is 11.4 Å². The number of ether oxygens (including phenoxy) is 1. The maximum atomic E-state index is 13.9. The van der Waals surface area contributed by atoms with E-state index in [9.17, 15) is 18.0 Å². The lowest BCUT2D eigenvalue weighted by Crippen LogP contribution is -2.52. The van der Waals surface area contributed by atoms with Crippen molar-refractivity contribution in [2.24, 2.45) is 0 Å². The molecule has 2 unspecified atom stereocenters. The average molecular weight is 552 g/mol. The van der Waals surface area contributed by atoms with Crippen LogP contribution in [0.4, 0.5) is 5.69 Å². The lowest BCUT2D eigenvalue weighted by atomic mass is 10.1. The summed E-state index contributed by atoms with van der Waals surface area (Å²) in [5.74, 6) is -0.248. The zero-order chi connectivity index (χ0) is 28.6. The van der Waals surface area contributed by atoms with Gasteiger partial charge in [0.05, 0.1) is 17.7 Å². The van der Waals surface area contributed by atoms with Crippen molar-refractivity contribution in [1.29, 1.82) is 0 Å². The number of nitrogens with one attached hydrogen (secondary N) is 1. The quantitative estimate of drug-likeness (QED) is 0.357. The van der Waals surface area contributed by atoms with Gasteiger partial charge in [-0.3, -0.25) is 13.9 Å². The van der Waals surface area contributed by atoms with Crippen molar-refractivity contribution in [3.63, 3.8) is 0 Å². The maximum Gasteiger partial charge on any atom is 0.264 e. The Morgan fingerprint density at radius 1 is 0.923 bits per heavy atom. The van der Waals surface area contributed by atoms with Crippen molar-refractivity contribution in [2.75, 3.05) is 18.0 Å². The van der Waals surface area contributed by atoms with Gasteiger partial charge in [-0.15, -0.1) is 0 Å². The Morgan fingerprint density at radius 2 is 1.54 bits per heavy atom. The summed E-state index contributed by atoms with van der Waals surface area (Å²) in [5, 5.41) is 2.93. The molecule has 2 atom stereocenters. The van der Waals surface area contributed by atoms with Gasteiger partial charge in [0.1, 0.15) is 18.3 Å². The van der Waals surface area contributed by atoms with Gasteiger partial charge in [0.25, 0.3) is 10.0 Å². The van der Waals surface area contributed by atoms with Gasteiger partial charge in [-0.25, -0.2) is 8.42 Å². The van der Waals surface area contributed by atoms with Gasteiger partial charge in [-0.2, -0.15) is 0 Å². The first-order chi connectivity index (χ1) is 18.6. The van der Waals surface area contributed by atoms with E-state index in [4.69, 9.17) is 4.74 Å². The standard InChI is InChI=1S/C30H37N3O5S/c1-6-23(3)31-30(35)24(4)32(20-25-10-8-7-9-11-25)29(34)21-33(26-14-16-27(38-5)17-15-26)39(36,37)28-18-12-22(2)13-19-28/h7-19,23-24H,6,20-21H2,1-5H3,(H,31,35). The lowest BCUT2D eigenvalue weighted by Gasteiger charge is -2.32. The van der Waals surface area contributed by atoms with Crippen molar-refractivity contribution in [3.05, 3.63) is 90.0 Å². The van der Waals surface area contributed by atoms with Gasteiger partial charge in [0.15, 0.2) is 0 Å². The number of sulfonamides is 1. The van der Waals surface area contributed by atoms with E-state index in [1.807, 2.05) is 51.1 Å². The highest BCUT2D eigenvalue weighted by atomic mass is 32.2. The topological polar surface area (TPSA) is 96.0 Å². The molecule has 1 N–H and O–H groups in total. The molecule has 0 radical (unpaired) electrons. The zero-order valence-electron chi connectivity index (χ0n) is 23.1. The average Bonchev–Trinajstić information content (AvgIpc) is 2.94. The van der Waals surface area contributed by atoms with E-state index < -0.39 is 28.5 Å². The predicted molar refractivity (Wildman–Crippen MR) is 153 cm³/mol. The van der Waals surface area contributed by atoms with Crippen molar-refractivity contribution in [1.82, 2.24) is 10.2 Å². The molecule has 0 saturated heterocycles. The summed E-state index contributed by atoms with van der Waals surface area (Å²) in [6, 6.07) is 21.4. The Morgan fingerprint density at radius 3 is 2.10 bits per heavy atom. The third-order valence-corrected chi connectivity index (χ3v) is 8.40. The number of nitrogens with zero attached hydrogens (tertiary/aromatic N) is 2. The van der Waals surface area contributed by atoms with Gasteiger partial charge in [0.2, 0.25) is 11.8 Å². The Hall–Kier alpha value is -3.85. The fourth-order valence-electron chi connectivity index (χ4n) is 3.94. The molecule has 0 aliphatic carbocycles. The Bertz CT molecular complexity index is 1340. The Balaban J connectivity index is 2.01. The van der Waals surface area contributed by atoms with Gasteiger partial charge in [-0.1, -0.05) is 55.0 Å². The van der Waals surface area contributed by atoms with Crippen LogP contribution in [-0.2, 0) is 26.2 Å². The third-order valence-electron chi connectivity index (χ3n) is 6.61. The molecular formula is C30H37N3O5S. The molecule has 0 fully saturated rings. The second kappa shape index (κ2) is 13.3. The second-order valence-corrected chi connectivity index (χ2v) is 11.4. The number of benzene rings is 3. The van der Waals surface area contributed by atoms with E-state index in [2.05, 4.69) is 5.32 Å². The van der Waals surface area contributed by atoms with Crippen molar-refractivity contribution >= 4 is 27.5 Å². The highest BCUT2D eigenvalue weighted by Crippen LogP contribution is 2.26. The second-order valence-electron chi connectivity index (χ2n) is 9.52. The maximum absolute atomic E-state index is 13.9. The summed E-state index contributed by atoms with van der Waals surface area (Å²) >= 11 is 0. The van der Waals surface area contributed by atoms with Crippen molar-refractivity contribution < 1.29 is 22.7 Å². The van der Waals surface area contributed by atoms with Crippen LogP contribution in [0, 0.1) is 6.92 Å². The number of carbonyl (C=O) groups excluding carboxylic acids is 2. The minimum atomic E-state index is -4.12. The van der Waals surface area contributed by atoms with E-state index in [1.54, 1.807) is 43.3 Å². The van der Waals surface area contributed by atoms with Gasteiger partial charge in [-0.05, 0) is 69.2 Å². The largest absolute Gasteiger partial charge is 0.497 e. The molecule has 9 heteroatoms. The van der Waals surface area contributed by atoms with Crippen LogP contribution in [0.25, 0.3) is 0 Å². The number of carbonyl (C=O) groups is 2. The highest BCUT2D eigenvalue weighted by molar-refractivity contribution is 7.92. The normalized spacial score (nSPS) is 12.7. The van der Waals surface area contributed by atoms with Crippen LogP contribution in [0.2, 0.25) is 0 Å². The molecule has 0 heterocycles. The first-order valence-electron chi connectivity index (χ1n) is 12.9. The number of amides is 2. The molecule has 0 saturated carbocycles. The van der Waals surface area contributed by atoms with E-state index in [1.165, 1.54) is 24.1 Å². The number of rotatable bonds is 12. The Kier molecular flexibility index (Phi) is 10.1. The number of aryl methyl sites for hydroxylation is 1. The van der Waals surface area contributed by atoms with E-state index >= 15 is 0 Å². The highest BCUT2D eigenvalue weighted by Gasteiger charge is 2.32. The summed E-state index contributed by atoms with van der Waals surface area (Å²) in [4.78, 5) is 28.5. The van der Waals surface area contributed by atoms with Crippen LogP contribution < -0.4 is 14.4 Å². The molecule has 39 heavy (non-hydrogen) atoms. The minimum absolute atomic E-state index is 0.0636. The van der Waals surface area contributed by atoms with Crippen LogP contribution in [-0.4, -0.2) is 50.9 Å². The van der Waals surface area contributed by atoms with E-state index in [-0.39, 0.29) is 23.4 Å². The molecule has 3 aromatic rings. The molecule has 0 aliphatic rings. The Labute approximate surface area is 231 Å².